The van der Waals surface area contributed by atoms with Gasteiger partial charge in [-0.2, -0.15) is 0 Å². The molecule has 0 aromatic carbocycles. The Morgan fingerprint density at radius 1 is 0.864 bits per heavy atom. The summed E-state index contributed by atoms with van der Waals surface area (Å²) < 4.78 is 10.7. The summed E-state index contributed by atoms with van der Waals surface area (Å²) in [5, 5.41) is 3.44. The molecule has 0 radical (unpaired) electrons. The zero-order valence-corrected chi connectivity index (χ0v) is 16.4. The van der Waals surface area contributed by atoms with Crippen LogP contribution in [0.4, 0.5) is 0 Å². The third-order valence-corrected chi connectivity index (χ3v) is 6.17. The average molecular weight is 333 g/mol. The molecule has 0 rings (SSSR count). The Morgan fingerprint density at radius 2 is 1.36 bits per heavy atom. The Bertz CT molecular complexity index is 217. The van der Waals surface area contributed by atoms with Crippen LogP contribution in [0.3, 0.4) is 0 Å². The van der Waals surface area contributed by atoms with Gasteiger partial charge in [0.25, 0.3) is 0 Å². The fourth-order valence-electron chi connectivity index (χ4n) is 2.76. The number of hydrogen-bond donors (Lipinski definition) is 2. The second-order valence-electron chi connectivity index (χ2n) is 6.30. The largest absolute Gasteiger partial charge is 0.400 e. The standard InChI is InChI=1S/C17H40N2O2Si/c1-17(19-15-14-18)13-11-9-7-5-4-6-8-10-12-16-22(20-2)21-3/h17,19,22H,4-16,18H2,1-3H3. The van der Waals surface area contributed by atoms with Crippen molar-refractivity contribution in [3.05, 3.63) is 0 Å². The lowest BCUT2D eigenvalue weighted by atomic mass is 10.0. The third-order valence-electron chi connectivity index (χ3n) is 4.24. The lowest BCUT2D eigenvalue weighted by molar-refractivity contribution is 0.276. The zero-order chi connectivity index (χ0) is 16.5. The van der Waals surface area contributed by atoms with Crippen LogP contribution in [0.1, 0.15) is 71.1 Å². The normalized spacial score (nSPS) is 13.0. The number of nitrogens with one attached hydrogen (secondary N) is 1. The van der Waals surface area contributed by atoms with Gasteiger partial charge in [-0.25, -0.2) is 0 Å². The summed E-state index contributed by atoms with van der Waals surface area (Å²) in [4.78, 5) is 0. The van der Waals surface area contributed by atoms with E-state index in [9.17, 15) is 0 Å². The Morgan fingerprint density at radius 3 is 1.86 bits per heavy atom. The minimum atomic E-state index is -1.30. The van der Waals surface area contributed by atoms with Crippen molar-refractivity contribution in [2.45, 2.75) is 83.2 Å². The molecule has 0 spiro atoms. The van der Waals surface area contributed by atoms with E-state index in [2.05, 4.69) is 12.2 Å². The van der Waals surface area contributed by atoms with Gasteiger partial charge in [-0.05, 0) is 19.4 Å². The first kappa shape index (κ1) is 22.1. The van der Waals surface area contributed by atoms with Crippen molar-refractivity contribution in [3.8, 4) is 0 Å². The van der Waals surface area contributed by atoms with Crippen molar-refractivity contribution in [1.29, 1.82) is 0 Å². The van der Waals surface area contributed by atoms with Gasteiger partial charge in [0.1, 0.15) is 0 Å². The fourth-order valence-corrected chi connectivity index (χ4v) is 4.05. The second kappa shape index (κ2) is 17.4. The molecule has 0 aliphatic rings. The SMILES string of the molecule is CO[SiH](CCCCCCCCCCCC(C)NCCN)OC. The van der Waals surface area contributed by atoms with Crippen LogP contribution in [0.25, 0.3) is 0 Å². The Labute approximate surface area is 140 Å². The molecule has 0 saturated heterocycles. The van der Waals surface area contributed by atoms with Crippen molar-refractivity contribution in [1.82, 2.24) is 5.32 Å². The van der Waals surface area contributed by atoms with Crippen molar-refractivity contribution < 1.29 is 8.85 Å². The number of unbranched alkanes of at least 4 members (excludes halogenated alkanes) is 8. The highest BCUT2D eigenvalue weighted by atomic mass is 28.3. The maximum absolute atomic E-state index is 5.49. The van der Waals surface area contributed by atoms with Crippen LogP contribution in [0.5, 0.6) is 0 Å². The topological polar surface area (TPSA) is 56.5 Å². The van der Waals surface area contributed by atoms with E-state index < -0.39 is 9.28 Å². The van der Waals surface area contributed by atoms with E-state index in [4.69, 9.17) is 14.6 Å². The van der Waals surface area contributed by atoms with Gasteiger partial charge >= 0.3 is 9.28 Å². The molecule has 0 bridgehead atoms. The number of nitrogens with two attached hydrogens (primary N) is 1. The number of hydrogen-bond acceptors (Lipinski definition) is 4. The number of rotatable bonds is 17. The minimum Gasteiger partial charge on any atom is -0.400 e. The highest BCUT2D eigenvalue weighted by molar-refractivity contribution is 6.44. The van der Waals surface area contributed by atoms with Crippen LogP contribution in [-0.4, -0.2) is 42.6 Å². The van der Waals surface area contributed by atoms with Crippen LogP contribution in [0, 0.1) is 0 Å². The summed E-state index contributed by atoms with van der Waals surface area (Å²) in [5.74, 6) is 0. The highest BCUT2D eigenvalue weighted by Gasteiger charge is 2.07. The van der Waals surface area contributed by atoms with Crippen molar-refractivity contribution >= 4 is 9.28 Å². The Balaban J connectivity index is 3.14. The van der Waals surface area contributed by atoms with Crippen LogP contribution in [0.2, 0.25) is 6.04 Å². The van der Waals surface area contributed by atoms with E-state index in [1.165, 1.54) is 64.2 Å². The molecule has 0 aromatic rings. The second-order valence-corrected chi connectivity index (χ2v) is 8.68. The van der Waals surface area contributed by atoms with Gasteiger partial charge in [0, 0.05) is 33.4 Å². The first-order chi connectivity index (χ1) is 10.7. The van der Waals surface area contributed by atoms with Gasteiger partial charge in [0.15, 0.2) is 0 Å². The summed E-state index contributed by atoms with van der Waals surface area (Å²) in [6, 6.07) is 1.78. The molecule has 1 atom stereocenters. The Hall–Kier alpha value is 0.0569. The van der Waals surface area contributed by atoms with Gasteiger partial charge in [-0.15, -0.1) is 0 Å². The predicted molar refractivity (Wildman–Crippen MR) is 98.7 cm³/mol. The minimum absolute atomic E-state index is 0.620. The van der Waals surface area contributed by atoms with Gasteiger partial charge < -0.3 is 19.9 Å². The zero-order valence-electron chi connectivity index (χ0n) is 15.2. The van der Waals surface area contributed by atoms with E-state index in [1.54, 1.807) is 14.2 Å². The molecule has 4 nitrogen and oxygen atoms in total. The first-order valence-corrected chi connectivity index (χ1v) is 11.0. The maximum atomic E-state index is 5.49. The highest BCUT2D eigenvalue weighted by Crippen LogP contribution is 2.13. The average Bonchev–Trinajstić information content (AvgIpc) is 2.54. The van der Waals surface area contributed by atoms with E-state index in [1.807, 2.05) is 0 Å². The molecule has 3 N–H and O–H groups in total. The summed E-state index contributed by atoms with van der Waals surface area (Å²) in [5.41, 5.74) is 5.49. The van der Waals surface area contributed by atoms with E-state index >= 15 is 0 Å². The molecule has 0 amide bonds. The molecular weight excluding hydrogens is 292 g/mol. The van der Waals surface area contributed by atoms with E-state index in [0.29, 0.717) is 6.04 Å². The molecule has 0 aliphatic carbocycles. The maximum Gasteiger partial charge on any atom is 0.320 e. The van der Waals surface area contributed by atoms with Crippen LogP contribution in [0.15, 0.2) is 0 Å². The molecule has 0 heterocycles. The smallest absolute Gasteiger partial charge is 0.320 e. The van der Waals surface area contributed by atoms with Gasteiger partial charge in [0.05, 0.1) is 0 Å². The van der Waals surface area contributed by atoms with Gasteiger partial charge in [-0.1, -0.05) is 57.8 Å². The summed E-state index contributed by atoms with van der Waals surface area (Å²) >= 11 is 0. The van der Waals surface area contributed by atoms with E-state index in [-0.39, 0.29) is 0 Å². The van der Waals surface area contributed by atoms with Crippen LogP contribution < -0.4 is 11.1 Å². The summed E-state index contributed by atoms with van der Waals surface area (Å²) in [7, 11) is 2.25. The van der Waals surface area contributed by atoms with Crippen molar-refractivity contribution in [2.75, 3.05) is 27.3 Å². The molecule has 0 fully saturated rings. The molecule has 0 saturated carbocycles. The monoisotopic (exact) mass is 332 g/mol. The summed E-state index contributed by atoms with van der Waals surface area (Å²) in [6.45, 7) is 3.94. The lowest BCUT2D eigenvalue weighted by Crippen LogP contribution is -2.30. The molecule has 22 heavy (non-hydrogen) atoms. The molecule has 0 aliphatic heterocycles. The fraction of sp³-hybridized carbons (Fsp3) is 1.00. The lowest BCUT2D eigenvalue weighted by Gasteiger charge is -2.12. The molecule has 1 unspecified atom stereocenters. The van der Waals surface area contributed by atoms with Crippen LogP contribution in [-0.2, 0) is 8.85 Å². The molecule has 5 heteroatoms. The van der Waals surface area contributed by atoms with E-state index in [0.717, 1.165) is 19.1 Å². The molecule has 134 valence electrons. The molecule has 0 aromatic heterocycles. The predicted octanol–water partition coefficient (Wildman–Crippen LogP) is 3.34. The van der Waals surface area contributed by atoms with Gasteiger partial charge in [0.2, 0.25) is 0 Å². The molecular formula is C17H40N2O2Si. The quantitative estimate of drug-likeness (QED) is 0.317. The Kier molecular flexibility index (Phi) is 17.5. The van der Waals surface area contributed by atoms with Crippen molar-refractivity contribution in [3.63, 3.8) is 0 Å². The van der Waals surface area contributed by atoms with Crippen molar-refractivity contribution in [2.24, 2.45) is 5.73 Å². The first-order valence-electron chi connectivity index (χ1n) is 9.23. The summed E-state index contributed by atoms with van der Waals surface area (Å²) in [6.07, 6.45) is 13.6. The third kappa shape index (κ3) is 15.0. The van der Waals surface area contributed by atoms with Gasteiger partial charge in [-0.3, -0.25) is 0 Å². The van der Waals surface area contributed by atoms with Crippen LogP contribution >= 0.6 is 0 Å².